The van der Waals surface area contributed by atoms with Crippen molar-refractivity contribution in [2.75, 3.05) is 5.32 Å². The van der Waals surface area contributed by atoms with Crippen molar-refractivity contribution in [2.45, 2.75) is 20.4 Å². The molecule has 0 fully saturated rings. The summed E-state index contributed by atoms with van der Waals surface area (Å²) in [4.78, 5) is 24.9. The average molecular weight is 413 g/mol. The Bertz CT molecular complexity index is 1040. The van der Waals surface area contributed by atoms with Gasteiger partial charge in [-0.2, -0.15) is 5.26 Å². The van der Waals surface area contributed by atoms with Gasteiger partial charge in [-0.05, 0) is 49.7 Å². The number of carbonyl (C=O) groups excluding carboxylic acids is 2. The van der Waals surface area contributed by atoms with Crippen molar-refractivity contribution in [1.82, 2.24) is 5.32 Å². The lowest BCUT2D eigenvalue weighted by Crippen LogP contribution is -2.34. The number of ketones is 1. The summed E-state index contributed by atoms with van der Waals surface area (Å²) < 4.78 is 12.9. The van der Waals surface area contributed by atoms with E-state index in [4.69, 9.17) is 22.3 Å². The summed E-state index contributed by atoms with van der Waals surface area (Å²) in [6.45, 7) is 3.01. The molecule has 0 aliphatic rings. The van der Waals surface area contributed by atoms with Crippen LogP contribution in [0.4, 0.5) is 10.1 Å². The highest BCUT2D eigenvalue weighted by molar-refractivity contribution is 6.49. The van der Waals surface area contributed by atoms with Crippen molar-refractivity contribution in [3.05, 3.63) is 75.7 Å². The predicted octanol–water partition coefficient (Wildman–Crippen LogP) is 3.96. The molecule has 0 radical (unpaired) electrons. The van der Waals surface area contributed by atoms with Gasteiger partial charge in [-0.15, -0.1) is 0 Å². The Morgan fingerprint density at radius 2 is 1.83 bits per heavy atom. The monoisotopic (exact) mass is 412 g/mol. The van der Waals surface area contributed by atoms with Crippen LogP contribution in [0.2, 0.25) is 5.02 Å². The van der Waals surface area contributed by atoms with E-state index in [0.717, 1.165) is 0 Å². The van der Waals surface area contributed by atoms with E-state index in [0.29, 0.717) is 22.5 Å². The van der Waals surface area contributed by atoms with Crippen molar-refractivity contribution in [3.63, 3.8) is 0 Å². The number of benzene rings is 2. The van der Waals surface area contributed by atoms with E-state index in [2.05, 4.69) is 10.6 Å². The number of rotatable bonds is 7. The van der Waals surface area contributed by atoms with Gasteiger partial charge in [-0.25, -0.2) is 4.39 Å². The zero-order valence-corrected chi connectivity index (χ0v) is 16.5. The third kappa shape index (κ3) is 5.74. The summed E-state index contributed by atoms with van der Waals surface area (Å²) in [5.41, 5.74) is 1.56. The highest BCUT2D eigenvalue weighted by atomic mass is 35.5. The largest absolute Gasteiger partial charge is 0.358 e. The second-order valence-corrected chi connectivity index (χ2v) is 6.60. The molecule has 0 unspecified atom stereocenters. The summed E-state index contributed by atoms with van der Waals surface area (Å²) in [7, 11) is 0. The molecule has 2 aromatic rings. The van der Waals surface area contributed by atoms with E-state index < -0.39 is 17.5 Å². The first-order valence-corrected chi connectivity index (χ1v) is 8.90. The number of nitriles is 1. The number of anilines is 1. The van der Waals surface area contributed by atoms with E-state index >= 15 is 0 Å². The maximum Gasteiger partial charge on any atom is 0.292 e. The number of Topliss-reactive ketones (excluding diaryl/α,β-unsaturated/α-hetero) is 1. The van der Waals surface area contributed by atoms with E-state index in [9.17, 15) is 14.0 Å². The molecule has 0 saturated carbocycles. The highest BCUT2D eigenvalue weighted by Crippen LogP contribution is 2.22. The first-order chi connectivity index (χ1) is 13.7. The van der Waals surface area contributed by atoms with Gasteiger partial charge in [-0.1, -0.05) is 23.7 Å². The van der Waals surface area contributed by atoms with Gasteiger partial charge in [0.1, 0.15) is 11.9 Å². The minimum Gasteiger partial charge on any atom is -0.358 e. The quantitative estimate of drug-likeness (QED) is 0.363. The lowest BCUT2D eigenvalue weighted by molar-refractivity contribution is -0.135. The van der Waals surface area contributed by atoms with Crippen molar-refractivity contribution < 1.29 is 14.0 Å². The fourth-order valence-corrected chi connectivity index (χ4v) is 2.79. The summed E-state index contributed by atoms with van der Waals surface area (Å²) in [6.07, 6.45) is 0. The molecule has 0 heterocycles. The lowest BCUT2D eigenvalue weighted by Gasteiger charge is -2.13. The van der Waals surface area contributed by atoms with Gasteiger partial charge in [-0.3, -0.25) is 9.59 Å². The minimum absolute atomic E-state index is 0.0485. The number of nitrogens with one attached hydrogen (secondary N) is 3. The number of hydrogen-bond donors (Lipinski definition) is 3. The molecule has 8 heteroatoms. The van der Waals surface area contributed by atoms with Gasteiger partial charge in [0.25, 0.3) is 11.7 Å². The molecule has 0 spiro atoms. The van der Waals surface area contributed by atoms with Crippen molar-refractivity contribution >= 4 is 34.7 Å². The minimum atomic E-state index is -0.880. The standard InChI is InChI=1S/C21H18ClFN4O2/c1-12(25)19(13(2)27-17-8-5-15(10-24)18(22)9-17)20(28)21(29)26-11-14-3-6-16(23)7-4-14/h3-9,25,27H,11H2,1-2H3,(H,26,29)/b19-13+,25-12?. The molecule has 0 atom stereocenters. The summed E-state index contributed by atoms with van der Waals surface area (Å²) in [5.74, 6) is -2.15. The van der Waals surface area contributed by atoms with Crippen LogP contribution in [-0.2, 0) is 16.1 Å². The van der Waals surface area contributed by atoms with E-state index in [1.165, 1.54) is 43.3 Å². The first kappa shape index (κ1) is 21.8. The van der Waals surface area contributed by atoms with Gasteiger partial charge in [0, 0.05) is 23.6 Å². The number of nitrogens with zero attached hydrogens (tertiary/aromatic N) is 1. The second-order valence-electron chi connectivity index (χ2n) is 6.19. The first-order valence-electron chi connectivity index (χ1n) is 8.53. The van der Waals surface area contributed by atoms with Crippen LogP contribution in [0.25, 0.3) is 0 Å². The van der Waals surface area contributed by atoms with Gasteiger partial charge < -0.3 is 16.0 Å². The van der Waals surface area contributed by atoms with Crippen LogP contribution in [0.3, 0.4) is 0 Å². The number of amides is 1. The normalized spacial score (nSPS) is 11.1. The fourth-order valence-electron chi connectivity index (χ4n) is 2.56. The molecule has 0 saturated heterocycles. The van der Waals surface area contributed by atoms with Crippen LogP contribution in [0, 0.1) is 22.6 Å². The molecule has 0 aliphatic heterocycles. The summed E-state index contributed by atoms with van der Waals surface area (Å²) in [6, 6.07) is 12.1. The fraction of sp³-hybridized carbons (Fsp3) is 0.143. The third-order valence-corrected chi connectivity index (χ3v) is 4.28. The molecule has 6 nitrogen and oxygen atoms in total. The van der Waals surface area contributed by atoms with Crippen molar-refractivity contribution in [1.29, 1.82) is 10.7 Å². The molecule has 0 bridgehead atoms. The molecular weight excluding hydrogens is 395 g/mol. The van der Waals surface area contributed by atoms with Crippen LogP contribution in [0.5, 0.6) is 0 Å². The summed E-state index contributed by atoms with van der Waals surface area (Å²) in [5, 5.41) is 22.5. The maximum absolute atomic E-state index is 12.9. The van der Waals surface area contributed by atoms with Gasteiger partial charge in [0.2, 0.25) is 0 Å². The zero-order chi connectivity index (χ0) is 21.6. The van der Waals surface area contributed by atoms with Crippen LogP contribution in [0.15, 0.2) is 53.7 Å². The lowest BCUT2D eigenvalue weighted by atomic mass is 10.0. The molecule has 2 aromatic carbocycles. The molecule has 1 amide bonds. The molecule has 29 heavy (non-hydrogen) atoms. The number of halogens is 2. The van der Waals surface area contributed by atoms with Crippen LogP contribution in [0.1, 0.15) is 25.0 Å². The van der Waals surface area contributed by atoms with E-state index in [-0.39, 0.29) is 22.9 Å². The van der Waals surface area contributed by atoms with Crippen LogP contribution in [-0.4, -0.2) is 17.4 Å². The Balaban J connectivity index is 2.17. The van der Waals surface area contributed by atoms with Crippen molar-refractivity contribution in [3.8, 4) is 6.07 Å². The molecule has 3 N–H and O–H groups in total. The SMILES string of the molecule is CC(=N)/C(C(=O)C(=O)NCc1ccc(F)cc1)=C(/C)Nc1ccc(C#N)c(Cl)c1. The average Bonchev–Trinajstić information content (AvgIpc) is 2.67. The van der Waals surface area contributed by atoms with Crippen molar-refractivity contribution in [2.24, 2.45) is 0 Å². The van der Waals surface area contributed by atoms with Crippen LogP contribution >= 0.6 is 11.6 Å². The molecular formula is C21H18ClFN4O2. The molecule has 2 rings (SSSR count). The predicted molar refractivity (Wildman–Crippen MR) is 109 cm³/mol. The van der Waals surface area contributed by atoms with Gasteiger partial charge >= 0.3 is 0 Å². The molecule has 0 aliphatic carbocycles. The Hall–Kier alpha value is -3.50. The van der Waals surface area contributed by atoms with E-state index in [1.54, 1.807) is 13.0 Å². The second kappa shape index (κ2) is 9.62. The zero-order valence-electron chi connectivity index (χ0n) is 15.8. The molecule has 148 valence electrons. The van der Waals surface area contributed by atoms with Gasteiger partial charge in [0.05, 0.1) is 16.2 Å². The number of carbonyl (C=O) groups is 2. The Morgan fingerprint density at radius 3 is 2.38 bits per heavy atom. The maximum atomic E-state index is 12.9. The third-order valence-electron chi connectivity index (χ3n) is 3.97. The number of hydrogen-bond acceptors (Lipinski definition) is 5. The topological polar surface area (TPSA) is 106 Å². The summed E-state index contributed by atoms with van der Waals surface area (Å²) >= 11 is 6.00. The smallest absolute Gasteiger partial charge is 0.292 e. The Morgan fingerprint density at radius 1 is 1.17 bits per heavy atom. The Kier molecular flexibility index (Phi) is 7.23. The Labute approximate surface area is 172 Å². The van der Waals surface area contributed by atoms with E-state index in [1.807, 2.05) is 6.07 Å². The highest BCUT2D eigenvalue weighted by Gasteiger charge is 2.23. The van der Waals surface area contributed by atoms with Crippen LogP contribution < -0.4 is 10.6 Å². The van der Waals surface area contributed by atoms with Gasteiger partial charge in [0.15, 0.2) is 0 Å². The molecule has 0 aromatic heterocycles. The number of allylic oxidation sites excluding steroid dienone is 1.